The Labute approximate surface area is 246 Å². The molecule has 7 unspecified atom stereocenters. The topological polar surface area (TPSA) is 52.6 Å². The van der Waals surface area contributed by atoms with Crippen molar-refractivity contribution in [2.75, 3.05) is 14.2 Å². The van der Waals surface area contributed by atoms with Crippen molar-refractivity contribution in [3.63, 3.8) is 0 Å². The Morgan fingerprint density at radius 2 is 1.62 bits per heavy atom. The maximum Gasteiger partial charge on any atom is 0.169 e. The first kappa shape index (κ1) is 32.8. The van der Waals surface area contributed by atoms with Crippen LogP contribution in [0.25, 0.3) is 0 Å². The van der Waals surface area contributed by atoms with Crippen LogP contribution in [0.1, 0.15) is 79.1 Å². The molecule has 4 aliphatic carbocycles. The van der Waals surface area contributed by atoms with Crippen molar-refractivity contribution in [2.24, 2.45) is 40.9 Å². The summed E-state index contributed by atoms with van der Waals surface area (Å²) < 4.78 is 8.89. The van der Waals surface area contributed by atoms with E-state index < -0.39 is 5.97 Å². The maximum atomic E-state index is 11.5. The average Bonchev–Trinajstić information content (AvgIpc) is 3.51. The zero-order valence-electron chi connectivity index (χ0n) is 21.1. The van der Waals surface area contributed by atoms with Gasteiger partial charge in [-0.05, 0) is 74.0 Å². The van der Waals surface area contributed by atoms with E-state index in [-0.39, 0.29) is 71.4 Å². The van der Waals surface area contributed by atoms with E-state index >= 15 is 0 Å². The zero-order valence-corrected chi connectivity index (χ0v) is 26.8. The SMILES string of the molecule is C=[C-]C(=O)OC.CC1CC2CCC1C2.COC(=O)[C-](C)CC1(C)C2CCC(C2)C1C.[Y].[Y]. The van der Waals surface area contributed by atoms with Gasteiger partial charge >= 0.3 is 0 Å². The third-order valence-electron chi connectivity index (χ3n) is 8.75. The van der Waals surface area contributed by atoms with E-state index in [1.165, 1.54) is 33.5 Å². The molecule has 0 aliphatic heterocycles. The van der Waals surface area contributed by atoms with E-state index in [1.54, 1.807) is 25.7 Å². The number of fused-ring (bicyclic) bond motifs is 4. The fraction of sp³-hybridized carbons (Fsp3) is 0.808. The smallest absolute Gasteiger partial charge is 0.169 e. The molecule has 0 aromatic rings. The van der Waals surface area contributed by atoms with Crippen LogP contribution >= 0.6 is 0 Å². The number of esters is 2. The van der Waals surface area contributed by atoms with Crippen LogP contribution < -0.4 is 0 Å². The number of hydrogen-bond donors (Lipinski definition) is 0. The Kier molecular flexibility index (Phi) is 15.4. The molecule has 178 valence electrons. The number of ether oxygens (including phenoxy) is 2. The van der Waals surface area contributed by atoms with Crippen LogP contribution in [-0.2, 0) is 84.5 Å². The molecule has 4 nitrogen and oxygen atoms in total. The van der Waals surface area contributed by atoms with Crippen molar-refractivity contribution in [3.8, 4) is 0 Å². The molecule has 0 heterocycles. The Balaban J connectivity index is 0.000000505. The summed E-state index contributed by atoms with van der Waals surface area (Å²) in [5, 5.41) is 0. The summed E-state index contributed by atoms with van der Waals surface area (Å²) >= 11 is 0. The monoisotopic (exact) mass is 596 g/mol. The maximum absolute atomic E-state index is 11.5. The molecule has 0 aromatic heterocycles. The molecule has 0 amide bonds. The molecule has 4 saturated carbocycles. The third-order valence-corrected chi connectivity index (χ3v) is 8.75. The number of carbonyl (C=O) groups excluding carboxylic acids is 2. The molecule has 0 saturated heterocycles. The number of carbonyl (C=O) groups is 2. The van der Waals surface area contributed by atoms with Crippen LogP contribution in [0.4, 0.5) is 0 Å². The molecule has 2 radical (unpaired) electrons. The molecular weight excluding hydrogens is 554 g/mol. The first-order valence-electron chi connectivity index (χ1n) is 11.7. The number of rotatable bonds is 4. The van der Waals surface area contributed by atoms with Crippen molar-refractivity contribution in [1.82, 2.24) is 0 Å². The van der Waals surface area contributed by atoms with E-state index in [9.17, 15) is 9.59 Å². The molecule has 0 spiro atoms. The second-order valence-electron chi connectivity index (χ2n) is 10.3. The van der Waals surface area contributed by atoms with Gasteiger partial charge in [0.05, 0.1) is 14.2 Å². The van der Waals surface area contributed by atoms with Gasteiger partial charge in [0.15, 0.2) is 5.97 Å². The van der Waals surface area contributed by atoms with Crippen LogP contribution in [0, 0.1) is 52.9 Å². The van der Waals surface area contributed by atoms with Gasteiger partial charge in [0.2, 0.25) is 0 Å². The number of methoxy groups -OCH3 is 2. The van der Waals surface area contributed by atoms with Crippen LogP contribution in [0.5, 0.6) is 0 Å². The fourth-order valence-corrected chi connectivity index (χ4v) is 6.74. The van der Waals surface area contributed by atoms with Crippen molar-refractivity contribution >= 4 is 11.9 Å². The largest absolute Gasteiger partial charge is 0.493 e. The summed E-state index contributed by atoms with van der Waals surface area (Å²) in [6, 6.07) is 0. The summed E-state index contributed by atoms with van der Waals surface area (Å²) in [4.78, 5) is 21.3. The molecule has 4 fully saturated rings. The van der Waals surface area contributed by atoms with Gasteiger partial charge in [-0.2, -0.15) is 13.3 Å². The molecule has 0 aromatic carbocycles. The summed E-state index contributed by atoms with van der Waals surface area (Å²) in [5.41, 5.74) is 0.335. The molecule has 4 bridgehead atoms. The van der Waals surface area contributed by atoms with Crippen LogP contribution in [0.2, 0.25) is 0 Å². The van der Waals surface area contributed by atoms with Gasteiger partial charge in [0, 0.05) is 65.4 Å². The summed E-state index contributed by atoms with van der Waals surface area (Å²) in [7, 11) is 2.75. The standard InChI is InChI=1S/C14H23O2.C8H14.C4H5O2.2Y/c1-9(13(15)16-4)8-14(3)10(2)11-5-6-12(14)7-11;1-6-4-7-2-3-8(6)5-7;1-3-4(5)6-2;;/h10-12H,5-8H2,1-4H3;6-8H,2-5H2,1H3;1H2,2H3;;/q-1;;-1;;. The second-order valence-corrected chi connectivity index (χ2v) is 10.3. The summed E-state index contributed by atoms with van der Waals surface area (Å²) in [6.07, 6.45) is 13.3. The zero-order chi connectivity index (χ0) is 22.5. The summed E-state index contributed by atoms with van der Waals surface area (Å²) in [6.45, 7) is 12.1. The van der Waals surface area contributed by atoms with E-state index in [1.807, 2.05) is 13.0 Å². The predicted molar refractivity (Wildman–Crippen MR) is 119 cm³/mol. The van der Waals surface area contributed by atoms with Crippen molar-refractivity contribution < 1.29 is 84.5 Å². The Bertz CT molecular complexity index is 605. The second kappa shape index (κ2) is 15.0. The minimum absolute atomic E-state index is 0. The predicted octanol–water partition coefficient (Wildman–Crippen LogP) is 5.80. The van der Waals surface area contributed by atoms with Crippen molar-refractivity contribution in [1.29, 1.82) is 0 Å². The Hall–Kier alpha value is 0.758. The van der Waals surface area contributed by atoms with Gasteiger partial charge in [0.1, 0.15) is 5.97 Å². The first-order valence-corrected chi connectivity index (χ1v) is 11.7. The fourth-order valence-electron chi connectivity index (χ4n) is 6.74. The van der Waals surface area contributed by atoms with Crippen LogP contribution in [0.15, 0.2) is 6.58 Å². The van der Waals surface area contributed by atoms with E-state index in [4.69, 9.17) is 4.74 Å². The molecule has 0 N–H and O–H groups in total. The first-order chi connectivity index (χ1) is 14.2. The van der Waals surface area contributed by atoms with E-state index in [0.29, 0.717) is 5.41 Å². The Morgan fingerprint density at radius 3 is 1.94 bits per heavy atom. The summed E-state index contributed by atoms with van der Waals surface area (Å²) in [5.74, 6) is 6.10. The minimum atomic E-state index is -0.519. The molecule has 4 rings (SSSR count). The minimum Gasteiger partial charge on any atom is -0.493 e. The van der Waals surface area contributed by atoms with Crippen LogP contribution in [-0.4, -0.2) is 26.2 Å². The molecule has 32 heavy (non-hydrogen) atoms. The number of hydrogen-bond acceptors (Lipinski definition) is 4. The quantitative estimate of drug-likeness (QED) is 0.234. The van der Waals surface area contributed by atoms with Crippen molar-refractivity contribution in [3.05, 3.63) is 18.6 Å². The van der Waals surface area contributed by atoms with Gasteiger partial charge < -0.3 is 15.5 Å². The van der Waals surface area contributed by atoms with Gasteiger partial charge in [-0.3, -0.25) is 22.1 Å². The van der Waals surface area contributed by atoms with E-state index in [2.05, 4.69) is 32.1 Å². The molecule has 4 aliphatic rings. The van der Waals surface area contributed by atoms with Gasteiger partial charge in [-0.25, -0.2) is 0 Å². The molecule has 7 atom stereocenters. The van der Waals surface area contributed by atoms with Gasteiger partial charge in [-0.15, -0.1) is 0 Å². The van der Waals surface area contributed by atoms with Crippen molar-refractivity contribution in [2.45, 2.75) is 79.1 Å². The van der Waals surface area contributed by atoms with E-state index in [0.717, 1.165) is 47.8 Å². The average molecular weight is 596 g/mol. The normalized spacial score (nSPS) is 35.1. The molecule has 6 heteroatoms. The van der Waals surface area contributed by atoms with Crippen LogP contribution in [0.3, 0.4) is 0 Å². The van der Waals surface area contributed by atoms with Gasteiger partial charge in [0.25, 0.3) is 0 Å². The van der Waals surface area contributed by atoms with Gasteiger partial charge in [-0.1, -0.05) is 32.6 Å². The third kappa shape index (κ3) is 8.16. The Morgan fingerprint density at radius 1 is 1.00 bits per heavy atom. The molecular formula is C26H42O4Y2-2.